The number of rotatable bonds is 2. The van der Waals surface area contributed by atoms with Crippen molar-refractivity contribution in [3.8, 4) is 0 Å². The summed E-state index contributed by atoms with van der Waals surface area (Å²) in [5.74, 6) is 0.417. The van der Waals surface area contributed by atoms with Crippen molar-refractivity contribution in [1.82, 2.24) is 5.32 Å². The van der Waals surface area contributed by atoms with Crippen LogP contribution in [-0.4, -0.2) is 13.2 Å². The molecule has 1 saturated carbocycles. The smallest absolute Gasteiger partial charge is 0.407 e. The maximum Gasteiger partial charge on any atom is 0.407 e. The Kier molecular flexibility index (Phi) is 3.65. The largest absolute Gasteiger partial charge is 0.453 e. The quantitative estimate of drug-likeness (QED) is 0.890. The Bertz CT molecular complexity index is 478. The van der Waals surface area contributed by atoms with Gasteiger partial charge in [-0.1, -0.05) is 48.8 Å². The van der Waals surface area contributed by atoms with Crippen LogP contribution in [0.1, 0.15) is 32.8 Å². The van der Waals surface area contributed by atoms with E-state index in [2.05, 4.69) is 54.2 Å². The lowest BCUT2D eigenvalue weighted by Crippen LogP contribution is -2.38. The molecule has 2 atom stereocenters. The normalized spacial score (nSPS) is 25.8. The average Bonchev–Trinajstić information content (AvgIpc) is 3.05. The monoisotopic (exact) mass is 325 g/mol. The van der Waals surface area contributed by atoms with Crippen molar-refractivity contribution in [2.45, 2.75) is 32.7 Å². The van der Waals surface area contributed by atoms with Gasteiger partial charge in [-0.25, -0.2) is 4.79 Å². The maximum atomic E-state index is 11.6. The van der Waals surface area contributed by atoms with E-state index >= 15 is 0 Å². The van der Waals surface area contributed by atoms with Crippen LogP contribution in [0.5, 0.6) is 0 Å². The molecule has 4 heteroatoms. The molecule has 2 rings (SSSR count). The highest BCUT2D eigenvalue weighted by Crippen LogP contribution is 2.60. The first-order valence-corrected chi connectivity index (χ1v) is 7.21. The second-order valence-electron chi connectivity index (χ2n) is 6.22. The minimum absolute atomic E-state index is 0.147. The number of ether oxygens (including phenoxy) is 1. The molecule has 0 heterocycles. The first kappa shape index (κ1) is 14.4. The van der Waals surface area contributed by atoms with Gasteiger partial charge in [-0.15, -0.1) is 0 Å². The van der Waals surface area contributed by atoms with Crippen LogP contribution in [0, 0.1) is 11.3 Å². The van der Waals surface area contributed by atoms with Crippen LogP contribution in [0.3, 0.4) is 0 Å². The molecule has 1 aromatic carbocycles. The minimum atomic E-state index is -0.366. The van der Waals surface area contributed by atoms with Gasteiger partial charge in [-0.05, 0) is 35.4 Å². The molecule has 0 radical (unpaired) electrons. The number of methoxy groups -OCH3 is 1. The molecule has 1 amide bonds. The summed E-state index contributed by atoms with van der Waals surface area (Å²) in [6.07, 6.45) is 0.586. The van der Waals surface area contributed by atoms with E-state index in [1.165, 1.54) is 7.11 Å². The maximum absolute atomic E-state index is 11.6. The number of amides is 1. The van der Waals surface area contributed by atoms with Gasteiger partial charge in [-0.2, -0.15) is 0 Å². The molecule has 2 unspecified atom stereocenters. The van der Waals surface area contributed by atoms with E-state index in [4.69, 9.17) is 4.74 Å². The van der Waals surface area contributed by atoms with Crippen LogP contribution >= 0.6 is 15.9 Å². The highest BCUT2D eigenvalue weighted by molar-refractivity contribution is 9.10. The lowest BCUT2D eigenvalue weighted by atomic mass is 9.85. The molecule has 3 nitrogen and oxygen atoms in total. The zero-order chi connectivity index (χ0) is 14.3. The standard InChI is InChI=1S/C15H20BrNO2/c1-14(2,3)12-9-15(12,17-13(18)19-4)10-5-7-11(16)8-6-10/h5-8,12H,9H2,1-4H3,(H,17,18). The van der Waals surface area contributed by atoms with Crippen molar-refractivity contribution in [2.24, 2.45) is 11.3 Å². The zero-order valence-corrected chi connectivity index (χ0v) is 13.4. The van der Waals surface area contributed by atoms with Gasteiger partial charge in [0.2, 0.25) is 0 Å². The Morgan fingerprint density at radius 3 is 2.37 bits per heavy atom. The Morgan fingerprint density at radius 2 is 1.95 bits per heavy atom. The predicted octanol–water partition coefficient (Wildman–Crippen LogP) is 4.07. The lowest BCUT2D eigenvalue weighted by molar-refractivity contribution is 0.160. The first-order chi connectivity index (χ1) is 8.79. The summed E-state index contributed by atoms with van der Waals surface area (Å²) < 4.78 is 5.81. The SMILES string of the molecule is COC(=O)NC1(c2ccc(Br)cc2)CC1C(C)(C)C. The van der Waals surface area contributed by atoms with E-state index in [-0.39, 0.29) is 17.0 Å². The Balaban J connectivity index is 2.32. The molecule has 1 aromatic rings. The Hall–Kier alpha value is -1.03. The molecule has 1 N–H and O–H groups in total. The summed E-state index contributed by atoms with van der Waals surface area (Å²) >= 11 is 3.44. The van der Waals surface area contributed by atoms with E-state index in [9.17, 15) is 4.79 Å². The van der Waals surface area contributed by atoms with Crippen LogP contribution < -0.4 is 5.32 Å². The third kappa shape index (κ3) is 2.78. The van der Waals surface area contributed by atoms with Crippen molar-refractivity contribution in [3.63, 3.8) is 0 Å². The van der Waals surface area contributed by atoms with Gasteiger partial charge >= 0.3 is 6.09 Å². The number of carbonyl (C=O) groups excluding carboxylic acids is 1. The minimum Gasteiger partial charge on any atom is -0.453 e. The molecule has 0 spiro atoms. The van der Waals surface area contributed by atoms with E-state index < -0.39 is 0 Å². The summed E-state index contributed by atoms with van der Waals surface area (Å²) in [4.78, 5) is 11.6. The Labute approximate surface area is 122 Å². The van der Waals surface area contributed by atoms with Crippen molar-refractivity contribution < 1.29 is 9.53 Å². The number of alkyl carbamates (subject to hydrolysis) is 1. The van der Waals surface area contributed by atoms with Crippen LogP contribution in [0.15, 0.2) is 28.7 Å². The molecule has 1 fully saturated rings. The molecule has 1 aliphatic carbocycles. The van der Waals surface area contributed by atoms with Gasteiger partial charge in [0.15, 0.2) is 0 Å². The van der Waals surface area contributed by atoms with E-state index in [1.54, 1.807) is 0 Å². The molecule has 19 heavy (non-hydrogen) atoms. The van der Waals surface area contributed by atoms with Crippen molar-refractivity contribution >= 4 is 22.0 Å². The first-order valence-electron chi connectivity index (χ1n) is 6.42. The van der Waals surface area contributed by atoms with E-state index in [0.717, 1.165) is 16.5 Å². The van der Waals surface area contributed by atoms with Crippen molar-refractivity contribution in [3.05, 3.63) is 34.3 Å². The second kappa shape index (κ2) is 4.82. The summed E-state index contributed by atoms with van der Waals surface area (Å²) in [5.41, 5.74) is 1.00. The van der Waals surface area contributed by atoms with Crippen LogP contribution in [0.2, 0.25) is 0 Å². The Morgan fingerprint density at radius 1 is 1.37 bits per heavy atom. The third-order valence-corrected chi connectivity index (χ3v) is 4.40. The molecule has 0 bridgehead atoms. The summed E-state index contributed by atoms with van der Waals surface area (Å²) in [7, 11) is 1.40. The predicted molar refractivity (Wildman–Crippen MR) is 78.9 cm³/mol. The highest BCUT2D eigenvalue weighted by Gasteiger charge is 2.61. The number of carbonyl (C=O) groups is 1. The number of benzene rings is 1. The van der Waals surface area contributed by atoms with Crippen LogP contribution in [-0.2, 0) is 10.3 Å². The second-order valence-corrected chi connectivity index (χ2v) is 7.13. The van der Waals surface area contributed by atoms with Crippen LogP contribution in [0.25, 0.3) is 0 Å². The molecule has 0 aliphatic heterocycles. The molecule has 104 valence electrons. The number of halogens is 1. The molecule has 0 saturated heterocycles. The van der Waals surface area contributed by atoms with Gasteiger partial charge in [0.1, 0.15) is 0 Å². The van der Waals surface area contributed by atoms with Gasteiger partial charge in [0.05, 0.1) is 12.6 Å². The molecule has 1 aliphatic rings. The fourth-order valence-corrected chi connectivity index (χ4v) is 3.08. The average molecular weight is 326 g/mol. The van der Waals surface area contributed by atoms with E-state index in [1.807, 2.05) is 12.1 Å². The number of hydrogen-bond donors (Lipinski definition) is 1. The van der Waals surface area contributed by atoms with Gasteiger partial charge in [0.25, 0.3) is 0 Å². The third-order valence-electron chi connectivity index (χ3n) is 3.88. The number of nitrogens with one attached hydrogen (secondary N) is 1. The fraction of sp³-hybridized carbons (Fsp3) is 0.533. The van der Waals surface area contributed by atoms with Gasteiger partial charge in [0, 0.05) is 4.47 Å². The molecular formula is C15H20BrNO2. The molecular weight excluding hydrogens is 306 g/mol. The van der Waals surface area contributed by atoms with Gasteiger partial charge in [-0.3, -0.25) is 0 Å². The van der Waals surface area contributed by atoms with Gasteiger partial charge < -0.3 is 10.1 Å². The summed E-state index contributed by atoms with van der Waals surface area (Å²) in [5, 5.41) is 3.03. The number of hydrogen-bond acceptors (Lipinski definition) is 2. The van der Waals surface area contributed by atoms with Crippen molar-refractivity contribution in [2.75, 3.05) is 7.11 Å². The lowest BCUT2D eigenvalue weighted by Gasteiger charge is -2.26. The summed E-state index contributed by atoms with van der Waals surface area (Å²) in [6.45, 7) is 6.62. The van der Waals surface area contributed by atoms with Crippen LogP contribution in [0.4, 0.5) is 4.79 Å². The zero-order valence-electron chi connectivity index (χ0n) is 11.8. The van der Waals surface area contributed by atoms with Crippen molar-refractivity contribution in [1.29, 1.82) is 0 Å². The molecule has 0 aromatic heterocycles. The fourth-order valence-electron chi connectivity index (χ4n) is 2.82. The highest BCUT2D eigenvalue weighted by atomic mass is 79.9. The summed E-state index contributed by atoms with van der Waals surface area (Å²) in [6, 6.07) is 8.14. The van der Waals surface area contributed by atoms with E-state index in [0.29, 0.717) is 5.92 Å². The topological polar surface area (TPSA) is 38.3 Å².